The van der Waals surface area contributed by atoms with Gasteiger partial charge in [-0.1, -0.05) is 37.3 Å². The number of pyridine rings is 1. The van der Waals surface area contributed by atoms with Gasteiger partial charge in [0.2, 0.25) is 5.43 Å². The first-order valence-electron chi connectivity index (χ1n) is 7.17. The molecular formula is C17H22N2O2. The normalized spacial score (nSPS) is 11.0. The molecule has 4 nitrogen and oxygen atoms in total. The number of hydrogen-bond acceptors (Lipinski definition) is 3. The van der Waals surface area contributed by atoms with Crippen LogP contribution in [-0.2, 0) is 20.1 Å². The molecule has 0 amide bonds. The van der Waals surface area contributed by atoms with E-state index >= 15 is 0 Å². The fourth-order valence-corrected chi connectivity index (χ4v) is 2.38. The Morgan fingerprint density at radius 1 is 1.19 bits per heavy atom. The summed E-state index contributed by atoms with van der Waals surface area (Å²) in [7, 11) is 1.88. The molecule has 0 atom stereocenters. The number of rotatable bonds is 5. The monoisotopic (exact) mass is 286 g/mol. The van der Waals surface area contributed by atoms with Crippen molar-refractivity contribution in [3.63, 3.8) is 0 Å². The average molecular weight is 286 g/mol. The molecule has 0 aliphatic heterocycles. The highest BCUT2D eigenvalue weighted by Gasteiger charge is 2.14. The molecule has 0 saturated carbocycles. The van der Waals surface area contributed by atoms with Crippen molar-refractivity contribution in [2.45, 2.75) is 26.9 Å². The van der Waals surface area contributed by atoms with Gasteiger partial charge in [0.25, 0.3) is 0 Å². The maximum absolute atomic E-state index is 11.8. The van der Waals surface area contributed by atoms with Crippen molar-refractivity contribution in [3.8, 4) is 5.75 Å². The van der Waals surface area contributed by atoms with Crippen LogP contribution in [0.1, 0.15) is 23.9 Å². The molecule has 0 spiro atoms. The highest BCUT2D eigenvalue weighted by Crippen LogP contribution is 2.16. The van der Waals surface area contributed by atoms with Crippen LogP contribution in [-0.4, -0.2) is 21.1 Å². The van der Waals surface area contributed by atoms with E-state index in [1.54, 1.807) is 0 Å². The molecule has 0 aliphatic carbocycles. The Bertz CT molecular complexity index is 662. The van der Waals surface area contributed by atoms with Gasteiger partial charge in [-0.3, -0.25) is 9.69 Å². The van der Waals surface area contributed by atoms with E-state index in [-0.39, 0.29) is 11.2 Å². The lowest BCUT2D eigenvalue weighted by atomic mass is 10.2. The molecule has 0 fully saturated rings. The zero-order valence-electron chi connectivity index (χ0n) is 12.8. The van der Waals surface area contributed by atoms with E-state index in [0.717, 1.165) is 18.8 Å². The summed E-state index contributed by atoms with van der Waals surface area (Å²) in [5.74, 6) is -0.144. The van der Waals surface area contributed by atoms with Crippen LogP contribution in [0.5, 0.6) is 5.75 Å². The van der Waals surface area contributed by atoms with Crippen molar-refractivity contribution >= 4 is 0 Å². The Balaban J connectivity index is 2.25. The van der Waals surface area contributed by atoms with Gasteiger partial charge in [0, 0.05) is 31.9 Å². The maximum atomic E-state index is 11.8. The summed E-state index contributed by atoms with van der Waals surface area (Å²) >= 11 is 0. The first-order valence-corrected chi connectivity index (χ1v) is 7.17. The van der Waals surface area contributed by atoms with E-state index in [2.05, 4.69) is 24.0 Å². The van der Waals surface area contributed by atoms with Crippen LogP contribution in [0.15, 0.2) is 41.2 Å². The van der Waals surface area contributed by atoms with Crippen LogP contribution in [0, 0.1) is 6.92 Å². The zero-order valence-corrected chi connectivity index (χ0v) is 12.8. The molecule has 1 heterocycles. The van der Waals surface area contributed by atoms with Crippen molar-refractivity contribution < 1.29 is 5.11 Å². The van der Waals surface area contributed by atoms with Crippen LogP contribution in [0.2, 0.25) is 0 Å². The predicted molar refractivity (Wildman–Crippen MR) is 84.3 cm³/mol. The topological polar surface area (TPSA) is 45.5 Å². The third-order valence-electron chi connectivity index (χ3n) is 3.85. The van der Waals surface area contributed by atoms with Crippen LogP contribution in [0.4, 0.5) is 0 Å². The molecule has 0 unspecified atom stereocenters. The van der Waals surface area contributed by atoms with Gasteiger partial charge in [-0.2, -0.15) is 0 Å². The van der Waals surface area contributed by atoms with Gasteiger partial charge >= 0.3 is 0 Å². The SMILES string of the molecule is CCN(Cc1ccccc1)Cc1c(O)c(=O)cc(C)n1C. The smallest absolute Gasteiger partial charge is 0.223 e. The van der Waals surface area contributed by atoms with Crippen molar-refractivity contribution in [3.05, 3.63) is 63.6 Å². The molecule has 2 rings (SSSR count). The summed E-state index contributed by atoms with van der Waals surface area (Å²) in [5.41, 5.74) is 2.43. The largest absolute Gasteiger partial charge is 0.503 e. The van der Waals surface area contributed by atoms with Crippen molar-refractivity contribution in [1.82, 2.24) is 9.47 Å². The Labute approximate surface area is 125 Å². The van der Waals surface area contributed by atoms with Crippen LogP contribution >= 0.6 is 0 Å². The molecular weight excluding hydrogens is 264 g/mol. The van der Waals surface area contributed by atoms with E-state index in [0.29, 0.717) is 12.2 Å². The van der Waals surface area contributed by atoms with Gasteiger partial charge in [0.05, 0.1) is 5.69 Å². The van der Waals surface area contributed by atoms with Crippen molar-refractivity contribution in [2.75, 3.05) is 6.54 Å². The molecule has 0 radical (unpaired) electrons. The molecule has 4 heteroatoms. The quantitative estimate of drug-likeness (QED) is 0.918. The molecule has 0 aliphatic rings. The summed E-state index contributed by atoms with van der Waals surface area (Å²) in [6.07, 6.45) is 0. The Hall–Kier alpha value is -2.07. The van der Waals surface area contributed by atoms with E-state index < -0.39 is 0 Å². The van der Waals surface area contributed by atoms with Crippen LogP contribution in [0.25, 0.3) is 0 Å². The molecule has 1 N–H and O–H groups in total. The third-order valence-corrected chi connectivity index (χ3v) is 3.85. The van der Waals surface area contributed by atoms with Gasteiger partial charge in [-0.15, -0.1) is 0 Å². The van der Waals surface area contributed by atoms with Crippen molar-refractivity contribution in [1.29, 1.82) is 0 Å². The first-order chi connectivity index (χ1) is 10.0. The second-order valence-corrected chi connectivity index (χ2v) is 5.29. The van der Waals surface area contributed by atoms with Gasteiger partial charge in [0.1, 0.15) is 0 Å². The fourth-order valence-electron chi connectivity index (χ4n) is 2.38. The zero-order chi connectivity index (χ0) is 15.4. The first kappa shape index (κ1) is 15.3. The van der Waals surface area contributed by atoms with Crippen LogP contribution in [0.3, 0.4) is 0 Å². The van der Waals surface area contributed by atoms with E-state index in [9.17, 15) is 9.90 Å². The molecule has 1 aromatic carbocycles. The summed E-state index contributed by atoms with van der Waals surface area (Å²) < 4.78 is 1.88. The molecule has 0 bridgehead atoms. The number of nitrogens with zero attached hydrogens (tertiary/aromatic N) is 2. The second-order valence-electron chi connectivity index (χ2n) is 5.29. The number of aromatic nitrogens is 1. The number of hydrogen-bond donors (Lipinski definition) is 1. The van der Waals surface area contributed by atoms with Gasteiger partial charge in [-0.05, 0) is 19.0 Å². The van der Waals surface area contributed by atoms with Crippen molar-refractivity contribution in [2.24, 2.45) is 7.05 Å². The minimum atomic E-state index is -0.309. The highest BCUT2D eigenvalue weighted by atomic mass is 16.3. The summed E-state index contributed by atoms with van der Waals surface area (Å²) in [5, 5.41) is 10.1. The predicted octanol–water partition coefficient (Wildman–Crippen LogP) is 2.42. The second kappa shape index (κ2) is 6.59. The van der Waals surface area contributed by atoms with E-state index in [1.807, 2.05) is 36.7 Å². The molecule has 112 valence electrons. The molecule has 2 aromatic rings. The summed E-state index contributed by atoms with van der Waals surface area (Å²) in [4.78, 5) is 14.0. The molecule has 1 aromatic heterocycles. The minimum Gasteiger partial charge on any atom is -0.503 e. The van der Waals surface area contributed by atoms with Gasteiger partial charge < -0.3 is 9.67 Å². The van der Waals surface area contributed by atoms with Gasteiger partial charge in [-0.25, -0.2) is 0 Å². The third kappa shape index (κ3) is 3.52. The Morgan fingerprint density at radius 3 is 2.48 bits per heavy atom. The lowest BCUT2D eigenvalue weighted by Crippen LogP contribution is -2.26. The minimum absolute atomic E-state index is 0.144. The fraction of sp³-hybridized carbons (Fsp3) is 0.353. The number of aromatic hydroxyl groups is 1. The Morgan fingerprint density at radius 2 is 1.86 bits per heavy atom. The van der Waals surface area contributed by atoms with Gasteiger partial charge in [0.15, 0.2) is 5.75 Å². The lowest BCUT2D eigenvalue weighted by Gasteiger charge is -2.23. The maximum Gasteiger partial charge on any atom is 0.223 e. The Kier molecular flexibility index (Phi) is 4.81. The van der Waals surface area contributed by atoms with Crippen LogP contribution < -0.4 is 5.43 Å². The molecule has 0 saturated heterocycles. The number of aryl methyl sites for hydroxylation is 1. The lowest BCUT2D eigenvalue weighted by molar-refractivity contribution is 0.259. The standard InChI is InChI=1S/C17H22N2O2/c1-4-19(11-14-8-6-5-7-9-14)12-15-17(21)16(20)10-13(2)18(15)3/h5-10,21H,4,11-12H2,1-3H3. The number of benzene rings is 1. The van der Waals surface area contributed by atoms with E-state index in [1.165, 1.54) is 11.6 Å². The summed E-state index contributed by atoms with van der Waals surface area (Å²) in [6.45, 7) is 6.13. The van der Waals surface area contributed by atoms with E-state index in [4.69, 9.17) is 0 Å². The average Bonchev–Trinajstić information content (AvgIpc) is 2.49. The summed E-state index contributed by atoms with van der Waals surface area (Å²) in [6, 6.07) is 11.7. The highest BCUT2D eigenvalue weighted by molar-refractivity contribution is 5.29. The molecule has 21 heavy (non-hydrogen) atoms.